The fourth-order valence-corrected chi connectivity index (χ4v) is 5.77. The van der Waals surface area contributed by atoms with Crippen LogP contribution in [0.15, 0.2) is 35.7 Å². The average Bonchev–Trinajstić information content (AvgIpc) is 3.46. The molecule has 0 radical (unpaired) electrons. The van der Waals surface area contributed by atoms with Crippen molar-refractivity contribution in [2.24, 2.45) is 0 Å². The summed E-state index contributed by atoms with van der Waals surface area (Å²) in [7, 11) is 1.64. The molecule has 2 saturated heterocycles. The summed E-state index contributed by atoms with van der Waals surface area (Å²) in [5.74, 6) is 0.117. The zero-order chi connectivity index (χ0) is 23.9. The van der Waals surface area contributed by atoms with Crippen LogP contribution < -0.4 is 0 Å². The average molecular weight is 480 g/mol. The Bertz CT molecular complexity index is 1020. The number of halogens is 3. The zero-order valence-electron chi connectivity index (χ0n) is 18.9. The first-order valence-electron chi connectivity index (χ1n) is 11.2. The molecule has 3 unspecified atom stereocenters. The Morgan fingerprint density at radius 3 is 2.67 bits per heavy atom. The van der Waals surface area contributed by atoms with Crippen LogP contribution >= 0.6 is 11.3 Å². The van der Waals surface area contributed by atoms with E-state index in [1.54, 1.807) is 36.3 Å². The van der Waals surface area contributed by atoms with Crippen molar-refractivity contribution in [1.29, 1.82) is 0 Å². The Morgan fingerprint density at radius 2 is 2.03 bits per heavy atom. The van der Waals surface area contributed by atoms with Crippen molar-refractivity contribution in [1.82, 2.24) is 14.7 Å². The number of amides is 3. The lowest BCUT2D eigenvalue weighted by Crippen LogP contribution is -2.57. The maximum Gasteiger partial charge on any atom is 0.416 e. The molecule has 0 spiro atoms. The summed E-state index contributed by atoms with van der Waals surface area (Å²) in [5, 5.41) is 1.95. The van der Waals surface area contributed by atoms with E-state index in [2.05, 4.69) is 0 Å². The van der Waals surface area contributed by atoms with Crippen LogP contribution in [0.1, 0.15) is 60.3 Å². The summed E-state index contributed by atoms with van der Waals surface area (Å²) in [6.45, 7) is 4.43. The molecule has 1 aromatic heterocycles. The standard InChI is InChI=1S/C24H28F3N3O2S/c1-4-16-12-17(14-18(13-16)24(25,26)27)15(2)28(3)23(32)30-10-9-29-19(7-8-21(29)31)22(30)20-6-5-11-33-20/h5-6,11-15,19,22H,4,7-10H2,1-3H3. The summed E-state index contributed by atoms with van der Waals surface area (Å²) in [5.41, 5.74) is 0.348. The van der Waals surface area contributed by atoms with Gasteiger partial charge in [0.1, 0.15) is 0 Å². The van der Waals surface area contributed by atoms with Crippen molar-refractivity contribution < 1.29 is 22.8 Å². The van der Waals surface area contributed by atoms with Crippen molar-refractivity contribution in [3.05, 3.63) is 57.3 Å². The minimum absolute atomic E-state index is 0.0715. The van der Waals surface area contributed by atoms with E-state index in [0.717, 1.165) is 10.9 Å². The second-order valence-electron chi connectivity index (χ2n) is 8.73. The van der Waals surface area contributed by atoms with Crippen molar-refractivity contribution >= 4 is 23.3 Å². The molecule has 0 bridgehead atoms. The highest BCUT2D eigenvalue weighted by molar-refractivity contribution is 7.10. The number of aryl methyl sites for hydroxylation is 1. The molecule has 178 valence electrons. The molecule has 2 aliphatic heterocycles. The van der Waals surface area contributed by atoms with Gasteiger partial charge in [-0.1, -0.05) is 19.1 Å². The maximum atomic E-state index is 13.7. The molecule has 3 atom stereocenters. The van der Waals surface area contributed by atoms with Gasteiger partial charge in [-0.25, -0.2) is 4.79 Å². The molecule has 4 rings (SSSR count). The Kier molecular flexibility index (Phi) is 6.44. The van der Waals surface area contributed by atoms with Gasteiger partial charge in [0, 0.05) is 31.4 Å². The number of hydrogen-bond acceptors (Lipinski definition) is 3. The fourth-order valence-electron chi connectivity index (χ4n) is 4.87. The molecule has 0 aliphatic carbocycles. The van der Waals surface area contributed by atoms with Crippen molar-refractivity contribution in [3.8, 4) is 0 Å². The number of nitrogens with zero attached hydrogens (tertiary/aromatic N) is 3. The van der Waals surface area contributed by atoms with Crippen molar-refractivity contribution in [3.63, 3.8) is 0 Å². The third-order valence-electron chi connectivity index (χ3n) is 6.85. The van der Waals surface area contributed by atoms with Gasteiger partial charge >= 0.3 is 12.2 Å². The van der Waals surface area contributed by atoms with Gasteiger partial charge in [0.2, 0.25) is 5.91 Å². The molecule has 2 fully saturated rings. The van der Waals surface area contributed by atoms with Gasteiger partial charge in [0.25, 0.3) is 0 Å². The van der Waals surface area contributed by atoms with Gasteiger partial charge in [0.05, 0.1) is 23.7 Å². The minimum atomic E-state index is -4.45. The molecule has 0 N–H and O–H groups in total. The summed E-state index contributed by atoms with van der Waals surface area (Å²) in [6.07, 6.45) is -2.81. The third-order valence-corrected chi connectivity index (χ3v) is 7.80. The predicted octanol–water partition coefficient (Wildman–Crippen LogP) is 5.49. The highest BCUT2D eigenvalue weighted by Gasteiger charge is 2.46. The second kappa shape index (κ2) is 9.00. The quantitative estimate of drug-likeness (QED) is 0.582. The third kappa shape index (κ3) is 4.47. The van der Waals surface area contributed by atoms with Crippen LogP contribution in [-0.2, 0) is 17.4 Å². The van der Waals surface area contributed by atoms with Gasteiger partial charge in [-0.05, 0) is 54.5 Å². The minimum Gasteiger partial charge on any atom is -0.335 e. The van der Waals surface area contributed by atoms with E-state index < -0.39 is 17.8 Å². The lowest BCUT2D eigenvalue weighted by Gasteiger charge is -2.46. The molecule has 9 heteroatoms. The van der Waals surface area contributed by atoms with E-state index in [4.69, 9.17) is 0 Å². The monoisotopic (exact) mass is 479 g/mol. The molecule has 5 nitrogen and oxygen atoms in total. The molecule has 3 amide bonds. The van der Waals surface area contributed by atoms with Gasteiger partial charge < -0.3 is 14.7 Å². The smallest absolute Gasteiger partial charge is 0.335 e. The molecule has 2 aromatic rings. The van der Waals surface area contributed by atoms with E-state index >= 15 is 0 Å². The van der Waals surface area contributed by atoms with Gasteiger partial charge in [-0.3, -0.25) is 4.79 Å². The van der Waals surface area contributed by atoms with Gasteiger partial charge in [-0.15, -0.1) is 11.3 Å². The maximum absolute atomic E-state index is 13.7. The van der Waals surface area contributed by atoms with Crippen LogP contribution in [0, 0.1) is 0 Å². The molecule has 3 heterocycles. The first-order chi connectivity index (χ1) is 15.6. The number of thiophene rings is 1. The normalized spacial score (nSPS) is 21.8. The Balaban J connectivity index is 1.62. The Hall–Kier alpha value is -2.55. The molecular formula is C24H28F3N3O2S. The number of fused-ring (bicyclic) bond motifs is 1. The number of piperazine rings is 1. The summed E-state index contributed by atoms with van der Waals surface area (Å²) >= 11 is 1.55. The summed E-state index contributed by atoms with van der Waals surface area (Å²) in [6, 6.07) is 6.85. The van der Waals surface area contributed by atoms with Crippen LogP contribution in [-0.4, -0.2) is 52.8 Å². The number of benzene rings is 1. The van der Waals surface area contributed by atoms with Crippen LogP contribution in [0.4, 0.5) is 18.0 Å². The number of rotatable bonds is 4. The highest BCUT2D eigenvalue weighted by Crippen LogP contribution is 2.40. The highest BCUT2D eigenvalue weighted by atomic mass is 32.1. The number of hydrogen-bond donors (Lipinski definition) is 0. The van der Waals surface area contributed by atoms with E-state index in [9.17, 15) is 22.8 Å². The fraction of sp³-hybridized carbons (Fsp3) is 0.500. The van der Waals surface area contributed by atoms with E-state index in [1.165, 1.54) is 11.0 Å². The Labute approximate surface area is 195 Å². The SMILES string of the molecule is CCc1cc(C(C)N(C)C(=O)N2CCN3C(=O)CCC3C2c2cccs2)cc(C(F)(F)F)c1. The van der Waals surface area contributed by atoms with Gasteiger partial charge in [0.15, 0.2) is 0 Å². The number of carbonyl (C=O) groups is 2. The van der Waals surface area contributed by atoms with Crippen LogP contribution in [0.25, 0.3) is 0 Å². The van der Waals surface area contributed by atoms with E-state index in [0.29, 0.717) is 43.5 Å². The largest absolute Gasteiger partial charge is 0.416 e. The van der Waals surface area contributed by atoms with Crippen LogP contribution in [0.2, 0.25) is 0 Å². The van der Waals surface area contributed by atoms with Gasteiger partial charge in [-0.2, -0.15) is 13.2 Å². The number of urea groups is 1. The predicted molar refractivity (Wildman–Crippen MR) is 121 cm³/mol. The molecular weight excluding hydrogens is 451 g/mol. The van der Waals surface area contributed by atoms with E-state index in [1.807, 2.05) is 29.3 Å². The lowest BCUT2D eigenvalue weighted by molar-refractivity contribution is -0.137. The molecule has 0 saturated carbocycles. The topological polar surface area (TPSA) is 43.9 Å². The summed E-state index contributed by atoms with van der Waals surface area (Å²) < 4.78 is 40.3. The van der Waals surface area contributed by atoms with E-state index in [-0.39, 0.29) is 24.0 Å². The Morgan fingerprint density at radius 1 is 1.27 bits per heavy atom. The van der Waals surface area contributed by atoms with Crippen molar-refractivity contribution in [2.45, 2.75) is 57.4 Å². The molecule has 1 aromatic carbocycles. The lowest BCUT2D eigenvalue weighted by atomic mass is 9.98. The van der Waals surface area contributed by atoms with Crippen LogP contribution in [0.5, 0.6) is 0 Å². The first kappa shape index (κ1) is 23.6. The molecule has 33 heavy (non-hydrogen) atoms. The second-order valence-corrected chi connectivity index (χ2v) is 9.71. The number of alkyl halides is 3. The zero-order valence-corrected chi connectivity index (χ0v) is 19.7. The van der Waals surface area contributed by atoms with Crippen molar-refractivity contribution in [2.75, 3.05) is 20.1 Å². The summed E-state index contributed by atoms with van der Waals surface area (Å²) in [4.78, 5) is 32.2. The van der Waals surface area contributed by atoms with Crippen LogP contribution in [0.3, 0.4) is 0 Å². The number of carbonyl (C=O) groups excluding carboxylic acids is 2. The molecule has 2 aliphatic rings. The first-order valence-corrected chi connectivity index (χ1v) is 12.1.